The molecule has 0 aliphatic carbocycles. The number of rotatable bonds is 4. The molecule has 0 atom stereocenters. The van der Waals surface area contributed by atoms with Gasteiger partial charge in [0.2, 0.25) is 0 Å². The van der Waals surface area contributed by atoms with Gasteiger partial charge in [0.05, 0.1) is 0 Å². The largest absolute Gasteiger partial charge is 0.490 e. The third-order valence-corrected chi connectivity index (χ3v) is 5.98. The van der Waals surface area contributed by atoms with E-state index in [1.165, 1.54) is 0 Å². The fourth-order valence-electron chi connectivity index (χ4n) is 4.38. The van der Waals surface area contributed by atoms with Crippen molar-refractivity contribution in [1.29, 1.82) is 0 Å². The van der Waals surface area contributed by atoms with Gasteiger partial charge in [-0.05, 0) is 62.8 Å². The van der Waals surface area contributed by atoms with E-state index in [-0.39, 0.29) is 12.0 Å². The molecule has 142 valence electrons. The molecule has 0 aromatic heterocycles. The number of hydrogen-bond donors (Lipinski definition) is 0. The molecule has 3 aliphatic rings. The Balaban J connectivity index is 1.26. The Morgan fingerprint density at radius 2 is 1.58 bits per heavy atom. The van der Waals surface area contributed by atoms with Crippen LogP contribution in [-0.4, -0.2) is 67.2 Å². The minimum atomic E-state index is 0.152. The SMILES string of the molecule is O=C(c1ccc(OC2CCN(C3CCOCC3)CC2)cc1)N1CCCC1. The van der Waals surface area contributed by atoms with Crippen molar-refractivity contribution in [3.63, 3.8) is 0 Å². The summed E-state index contributed by atoms with van der Waals surface area (Å²) in [5.41, 5.74) is 0.772. The van der Waals surface area contributed by atoms with Crippen LogP contribution in [0.1, 0.15) is 48.9 Å². The highest BCUT2D eigenvalue weighted by Crippen LogP contribution is 2.24. The Morgan fingerprint density at radius 1 is 0.923 bits per heavy atom. The highest BCUT2D eigenvalue weighted by Gasteiger charge is 2.27. The smallest absolute Gasteiger partial charge is 0.253 e. The molecular formula is C21H30N2O3. The standard InChI is InChI=1S/C21H30N2O3/c24-21(23-11-1-2-12-23)17-3-5-19(6-4-17)26-20-7-13-22(14-8-20)18-9-15-25-16-10-18/h3-6,18,20H,1-2,7-16H2. The molecule has 0 N–H and O–H groups in total. The van der Waals surface area contributed by atoms with Gasteiger partial charge in [-0.25, -0.2) is 0 Å². The van der Waals surface area contributed by atoms with Crippen molar-refractivity contribution in [1.82, 2.24) is 9.80 Å². The zero-order valence-electron chi connectivity index (χ0n) is 15.6. The maximum atomic E-state index is 12.4. The van der Waals surface area contributed by atoms with Crippen molar-refractivity contribution in [3.05, 3.63) is 29.8 Å². The molecule has 0 bridgehead atoms. The fraction of sp³-hybridized carbons (Fsp3) is 0.667. The Morgan fingerprint density at radius 3 is 2.23 bits per heavy atom. The Kier molecular flexibility index (Phi) is 5.75. The molecule has 0 radical (unpaired) electrons. The Hall–Kier alpha value is -1.59. The molecule has 1 aromatic carbocycles. The highest BCUT2D eigenvalue weighted by molar-refractivity contribution is 5.94. The minimum absolute atomic E-state index is 0.152. The molecule has 3 saturated heterocycles. The first kappa shape index (κ1) is 17.8. The lowest BCUT2D eigenvalue weighted by atomic mass is 10.0. The van der Waals surface area contributed by atoms with Crippen LogP contribution in [0.5, 0.6) is 5.75 Å². The first-order valence-electron chi connectivity index (χ1n) is 10.2. The molecule has 5 heteroatoms. The van der Waals surface area contributed by atoms with Gasteiger partial charge in [-0.15, -0.1) is 0 Å². The van der Waals surface area contributed by atoms with Crippen molar-refractivity contribution in [2.24, 2.45) is 0 Å². The molecule has 3 heterocycles. The average molecular weight is 358 g/mol. The van der Waals surface area contributed by atoms with Gasteiger partial charge in [-0.1, -0.05) is 0 Å². The third-order valence-electron chi connectivity index (χ3n) is 5.98. The number of likely N-dealkylation sites (tertiary alicyclic amines) is 2. The molecular weight excluding hydrogens is 328 g/mol. The van der Waals surface area contributed by atoms with Crippen molar-refractivity contribution in [2.75, 3.05) is 39.4 Å². The number of carbonyl (C=O) groups is 1. The van der Waals surface area contributed by atoms with Gasteiger partial charge in [-0.3, -0.25) is 9.69 Å². The lowest BCUT2D eigenvalue weighted by Crippen LogP contribution is -2.46. The van der Waals surface area contributed by atoms with E-state index in [4.69, 9.17) is 9.47 Å². The van der Waals surface area contributed by atoms with Crippen molar-refractivity contribution < 1.29 is 14.3 Å². The molecule has 0 spiro atoms. The number of nitrogens with zero attached hydrogens (tertiary/aromatic N) is 2. The molecule has 1 aromatic rings. The summed E-state index contributed by atoms with van der Waals surface area (Å²) in [7, 11) is 0. The highest BCUT2D eigenvalue weighted by atomic mass is 16.5. The molecule has 0 unspecified atom stereocenters. The molecule has 5 nitrogen and oxygen atoms in total. The lowest BCUT2D eigenvalue weighted by Gasteiger charge is -2.39. The van der Waals surface area contributed by atoms with E-state index in [1.807, 2.05) is 29.2 Å². The van der Waals surface area contributed by atoms with E-state index < -0.39 is 0 Å². The second-order valence-corrected chi connectivity index (χ2v) is 7.72. The summed E-state index contributed by atoms with van der Waals surface area (Å²) in [6.07, 6.45) is 7.01. The topological polar surface area (TPSA) is 42.0 Å². The van der Waals surface area contributed by atoms with Crippen LogP contribution < -0.4 is 4.74 Å². The summed E-state index contributed by atoms with van der Waals surface area (Å²) in [4.78, 5) is 17.0. The van der Waals surface area contributed by atoms with Crippen LogP contribution in [-0.2, 0) is 4.74 Å². The summed E-state index contributed by atoms with van der Waals surface area (Å²) in [5, 5.41) is 0. The van der Waals surface area contributed by atoms with Gasteiger partial charge in [0, 0.05) is 51.0 Å². The number of piperidine rings is 1. The normalized spacial score (nSPS) is 23.3. The zero-order valence-corrected chi connectivity index (χ0v) is 15.6. The predicted molar refractivity (Wildman–Crippen MR) is 101 cm³/mol. The van der Waals surface area contributed by atoms with Gasteiger partial charge in [0.15, 0.2) is 0 Å². The molecule has 3 fully saturated rings. The van der Waals surface area contributed by atoms with Crippen molar-refractivity contribution >= 4 is 5.91 Å². The maximum Gasteiger partial charge on any atom is 0.253 e. The van der Waals surface area contributed by atoms with Crippen LogP contribution >= 0.6 is 0 Å². The summed E-state index contributed by atoms with van der Waals surface area (Å²) in [5.74, 6) is 1.03. The van der Waals surface area contributed by atoms with E-state index >= 15 is 0 Å². The lowest BCUT2D eigenvalue weighted by molar-refractivity contribution is 0.0101. The number of ether oxygens (including phenoxy) is 2. The first-order chi connectivity index (χ1) is 12.8. The summed E-state index contributed by atoms with van der Waals surface area (Å²) in [6, 6.07) is 8.42. The van der Waals surface area contributed by atoms with Crippen molar-refractivity contribution in [3.8, 4) is 5.75 Å². The van der Waals surface area contributed by atoms with Gasteiger partial charge in [0.1, 0.15) is 11.9 Å². The third kappa shape index (κ3) is 4.21. The quantitative estimate of drug-likeness (QED) is 0.830. The molecule has 26 heavy (non-hydrogen) atoms. The van der Waals surface area contributed by atoms with Gasteiger partial charge >= 0.3 is 0 Å². The van der Waals surface area contributed by atoms with Gasteiger partial charge in [-0.2, -0.15) is 0 Å². The van der Waals surface area contributed by atoms with E-state index in [0.717, 1.165) is 89.2 Å². The van der Waals surface area contributed by atoms with Crippen LogP contribution in [0.25, 0.3) is 0 Å². The summed E-state index contributed by atoms with van der Waals surface area (Å²) >= 11 is 0. The number of hydrogen-bond acceptors (Lipinski definition) is 4. The predicted octanol–water partition coefficient (Wildman–Crippen LogP) is 2.94. The Bertz CT molecular complexity index is 584. The first-order valence-corrected chi connectivity index (χ1v) is 10.2. The second kappa shape index (κ2) is 8.40. The Labute approximate surface area is 156 Å². The maximum absolute atomic E-state index is 12.4. The van der Waals surface area contributed by atoms with Crippen LogP contribution in [0, 0.1) is 0 Å². The van der Waals surface area contributed by atoms with Crippen LogP contribution in [0.3, 0.4) is 0 Å². The average Bonchev–Trinajstić information content (AvgIpc) is 3.24. The number of carbonyl (C=O) groups excluding carboxylic acids is 1. The monoisotopic (exact) mass is 358 g/mol. The van der Waals surface area contributed by atoms with E-state index in [1.54, 1.807) is 0 Å². The molecule has 1 amide bonds. The molecule has 0 saturated carbocycles. The fourth-order valence-corrected chi connectivity index (χ4v) is 4.38. The minimum Gasteiger partial charge on any atom is -0.490 e. The van der Waals surface area contributed by atoms with Gasteiger partial charge < -0.3 is 14.4 Å². The number of amides is 1. The van der Waals surface area contributed by atoms with Crippen LogP contribution in [0.2, 0.25) is 0 Å². The molecule has 4 rings (SSSR count). The van der Waals surface area contributed by atoms with Gasteiger partial charge in [0.25, 0.3) is 5.91 Å². The second-order valence-electron chi connectivity index (χ2n) is 7.72. The zero-order chi connectivity index (χ0) is 17.8. The van der Waals surface area contributed by atoms with Crippen LogP contribution in [0.4, 0.5) is 0 Å². The van der Waals surface area contributed by atoms with E-state index in [0.29, 0.717) is 6.04 Å². The van der Waals surface area contributed by atoms with E-state index in [2.05, 4.69) is 4.90 Å². The summed E-state index contributed by atoms with van der Waals surface area (Å²) in [6.45, 7) is 5.82. The van der Waals surface area contributed by atoms with Crippen LogP contribution in [0.15, 0.2) is 24.3 Å². The molecule has 3 aliphatic heterocycles. The van der Waals surface area contributed by atoms with E-state index in [9.17, 15) is 4.79 Å². The summed E-state index contributed by atoms with van der Waals surface area (Å²) < 4.78 is 11.6. The number of benzene rings is 1. The van der Waals surface area contributed by atoms with Crippen molar-refractivity contribution in [2.45, 2.75) is 50.7 Å².